The van der Waals surface area contributed by atoms with E-state index in [-0.39, 0.29) is 29.5 Å². The third kappa shape index (κ3) is 4.04. The Morgan fingerprint density at radius 3 is 2.50 bits per heavy atom. The van der Waals surface area contributed by atoms with E-state index in [1.54, 1.807) is 29.2 Å². The Kier molecular flexibility index (Phi) is 5.11. The lowest BCUT2D eigenvalue weighted by Gasteiger charge is -2.32. The molecule has 3 amide bonds. The number of hydrogen-bond acceptors (Lipinski definition) is 4. The van der Waals surface area contributed by atoms with Crippen LogP contribution in [0, 0.1) is 0 Å². The third-order valence-corrected chi connectivity index (χ3v) is 3.85. The summed E-state index contributed by atoms with van der Waals surface area (Å²) in [6, 6.07) is 5.87. The zero-order valence-corrected chi connectivity index (χ0v) is 14.4. The second kappa shape index (κ2) is 6.90. The van der Waals surface area contributed by atoms with Gasteiger partial charge in [0.1, 0.15) is 0 Å². The summed E-state index contributed by atoms with van der Waals surface area (Å²) in [6.07, 6.45) is 0.267. The van der Waals surface area contributed by atoms with Crippen molar-refractivity contribution in [1.29, 1.82) is 0 Å². The largest absolute Gasteiger partial charge is 0.465 e. The first-order chi connectivity index (χ1) is 11.2. The fraction of sp³-hybridized carbons (Fsp3) is 0.471. The lowest BCUT2D eigenvalue weighted by Crippen LogP contribution is -2.45. The first-order valence-corrected chi connectivity index (χ1v) is 7.77. The zero-order chi connectivity index (χ0) is 17.9. The van der Waals surface area contributed by atoms with Crippen LogP contribution in [0.15, 0.2) is 24.3 Å². The number of methoxy groups -OCH3 is 1. The molecule has 2 N–H and O–H groups in total. The first kappa shape index (κ1) is 17.8. The van der Waals surface area contributed by atoms with E-state index in [4.69, 9.17) is 4.74 Å². The standard InChI is InChI=1S/C17H23N3O4/c1-17(2,3)20-10-11(9-14(20)21)18-16(23)19-13-8-6-5-7-12(13)15(22)24-4/h5-8,11H,9-10H2,1-4H3,(H2,18,19,23). The molecule has 1 aliphatic rings. The summed E-state index contributed by atoms with van der Waals surface area (Å²) in [7, 11) is 1.28. The minimum atomic E-state index is -0.527. The van der Waals surface area contributed by atoms with E-state index >= 15 is 0 Å². The van der Waals surface area contributed by atoms with Gasteiger partial charge in [-0.3, -0.25) is 4.79 Å². The van der Waals surface area contributed by atoms with Gasteiger partial charge in [0, 0.05) is 18.5 Å². The van der Waals surface area contributed by atoms with Gasteiger partial charge in [-0.1, -0.05) is 12.1 Å². The minimum absolute atomic E-state index is 0.0164. The number of anilines is 1. The van der Waals surface area contributed by atoms with Gasteiger partial charge in [-0.15, -0.1) is 0 Å². The number of nitrogens with one attached hydrogen (secondary N) is 2. The minimum Gasteiger partial charge on any atom is -0.465 e. The highest BCUT2D eigenvalue weighted by molar-refractivity contribution is 6.01. The van der Waals surface area contributed by atoms with Crippen LogP contribution < -0.4 is 10.6 Å². The van der Waals surface area contributed by atoms with E-state index in [9.17, 15) is 14.4 Å². The van der Waals surface area contributed by atoms with Crippen LogP contribution in [0.2, 0.25) is 0 Å². The van der Waals surface area contributed by atoms with Crippen molar-refractivity contribution in [3.63, 3.8) is 0 Å². The van der Waals surface area contributed by atoms with Gasteiger partial charge in [-0.2, -0.15) is 0 Å². The Bertz CT molecular complexity index is 651. The molecular weight excluding hydrogens is 310 g/mol. The average molecular weight is 333 g/mol. The number of urea groups is 1. The van der Waals surface area contributed by atoms with E-state index in [0.717, 1.165) is 0 Å². The van der Waals surface area contributed by atoms with Crippen LogP contribution in [0.25, 0.3) is 0 Å². The Hall–Kier alpha value is -2.57. The van der Waals surface area contributed by atoms with E-state index < -0.39 is 12.0 Å². The van der Waals surface area contributed by atoms with Crippen LogP contribution in [0.3, 0.4) is 0 Å². The number of carbonyl (C=O) groups is 3. The molecule has 7 heteroatoms. The van der Waals surface area contributed by atoms with Crippen LogP contribution in [0.4, 0.5) is 10.5 Å². The number of likely N-dealkylation sites (tertiary alicyclic amines) is 1. The van der Waals surface area contributed by atoms with E-state index in [1.807, 2.05) is 20.8 Å². The molecule has 1 aromatic rings. The van der Waals surface area contributed by atoms with Gasteiger partial charge >= 0.3 is 12.0 Å². The SMILES string of the molecule is COC(=O)c1ccccc1NC(=O)NC1CC(=O)N(C(C)(C)C)C1. The van der Waals surface area contributed by atoms with E-state index in [2.05, 4.69) is 10.6 Å². The molecule has 1 heterocycles. The lowest BCUT2D eigenvalue weighted by molar-refractivity contribution is -0.131. The van der Waals surface area contributed by atoms with Crippen LogP contribution in [0.5, 0.6) is 0 Å². The molecule has 130 valence electrons. The Labute approximate surface area is 141 Å². The number of ether oxygens (including phenoxy) is 1. The van der Waals surface area contributed by atoms with Gasteiger partial charge < -0.3 is 20.3 Å². The monoisotopic (exact) mass is 333 g/mol. The predicted octanol–water partition coefficient (Wildman–Crippen LogP) is 1.99. The number of hydrogen-bond donors (Lipinski definition) is 2. The van der Waals surface area contributed by atoms with Crippen LogP contribution in [-0.4, -0.2) is 48.0 Å². The Morgan fingerprint density at radius 1 is 1.25 bits per heavy atom. The second-order valence-corrected chi connectivity index (χ2v) is 6.71. The Balaban J connectivity index is 2.00. The van der Waals surface area contributed by atoms with Crippen LogP contribution >= 0.6 is 0 Å². The molecule has 0 aliphatic carbocycles. The van der Waals surface area contributed by atoms with Crippen molar-refractivity contribution in [2.45, 2.75) is 38.8 Å². The van der Waals surface area contributed by atoms with Gasteiger partial charge in [-0.25, -0.2) is 9.59 Å². The van der Waals surface area contributed by atoms with Gasteiger partial charge in [0.15, 0.2) is 0 Å². The number of nitrogens with zero attached hydrogens (tertiary/aromatic N) is 1. The molecule has 7 nitrogen and oxygen atoms in total. The highest BCUT2D eigenvalue weighted by Gasteiger charge is 2.36. The molecule has 1 unspecified atom stereocenters. The topological polar surface area (TPSA) is 87.7 Å². The third-order valence-electron chi connectivity index (χ3n) is 3.85. The zero-order valence-electron chi connectivity index (χ0n) is 14.4. The molecule has 1 atom stereocenters. The second-order valence-electron chi connectivity index (χ2n) is 6.71. The normalized spacial score (nSPS) is 17.6. The molecule has 1 aliphatic heterocycles. The summed E-state index contributed by atoms with van der Waals surface area (Å²) in [4.78, 5) is 37.7. The van der Waals surface area contributed by atoms with Crippen molar-refractivity contribution in [3.05, 3.63) is 29.8 Å². The quantitative estimate of drug-likeness (QED) is 0.828. The van der Waals surface area contributed by atoms with Crippen molar-refractivity contribution in [1.82, 2.24) is 10.2 Å². The number of rotatable bonds is 3. The van der Waals surface area contributed by atoms with Gasteiger partial charge in [-0.05, 0) is 32.9 Å². The summed E-state index contributed by atoms with van der Waals surface area (Å²) in [5.74, 6) is -0.511. The summed E-state index contributed by atoms with van der Waals surface area (Å²) >= 11 is 0. The molecular formula is C17H23N3O4. The molecule has 24 heavy (non-hydrogen) atoms. The van der Waals surface area contributed by atoms with Crippen LogP contribution in [0.1, 0.15) is 37.6 Å². The van der Waals surface area contributed by atoms with Crippen molar-refractivity contribution in [2.75, 3.05) is 19.0 Å². The highest BCUT2D eigenvalue weighted by Crippen LogP contribution is 2.22. The molecule has 1 aromatic carbocycles. The molecule has 0 saturated carbocycles. The molecule has 0 bridgehead atoms. The van der Waals surface area contributed by atoms with E-state index in [0.29, 0.717) is 12.2 Å². The summed E-state index contributed by atoms with van der Waals surface area (Å²) in [5.41, 5.74) is 0.356. The predicted molar refractivity (Wildman–Crippen MR) is 89.8 cm³/mol. The molecule has 0 spiro atoms. The first-order valence-electron chi connectivity index (χ1n) is 7.77. The average Bonchev–Trinajstić information content (AvgIpc) is 2.87. The van der Waals surface area contributed by atoms with Gasteiger partial charge in [0.2, 0.25) is 5.91 Å². The molecule has 2 rings (SSSR count). The molecule has 1 saturated heterocycles. The number of para-hydroxylation sites is 1. The number of carbonyl (C=O) groups excluding carboxylic acids is 3. The summed E-state index contributed by atoms with van der Waals surface area (Å²) < 4.78 is 4.70. The fourth-order valence-electron chi connectivity index (χ4n) is 2.68. The van der Waals surface area contributed by atoms with Gasteiger partial charge in [0.05, 0.1) is 24.4 Å². The highest BCUT2D eigenvalue weighted by atomic mass is 16.5. The maximum atomic E-state index is 12.2. The molecule has 0 radical (unpaired) electrons. The number of benzene rings is 1. The van der Waals surface area contributed by atoms with Gasteiger partial charge in [0.25, 0.3) is 0 Å². The maximum absolute atomic E-state index is 12.2. The van der Waals surface area contributed by atoms with E-state index in [1.165, 1.54) is 7.11 Å². The smallest absolute Gasteiger partial charge is 0.339 e. The van der Waals surface area contributed by atoms with Crippen molar-refractivity contribution >= 4 is 23.6 Å². The van der Waals surface area contributed by atoms with Crippen molar-refractivity contribution < 1.29 is 19.1 Å². The maximum Gasteiger partial charge on any atom is 0.339 e. The number of esters is 1. The lowest BCUT2D eigenvalue weighted by atomic mass is 10.1. The van der Waals surface area contributed by atoms with Crippen molar-refractivity contribution in [2.24, 2.45) is 0 Å². The molecule has 1 fully saturated rings. The molecule has 0 aromatic heterocycles. The summed E-state index contributed by atoms with van der Waals surface area (Å²) in [6.45, 7) is 6.34. The Morgan fingerprint density at radius 2 is 1.92 bits per heavy atom. The number of amides is 3. The fourth-order valence-corrected chi connectivity index (χ4v) is 2.68. The van der Waals surface area contributed by atoms with Crippen LogP contribution in [-0.2, 0) is 9.53 Å². The summed E-state index contributed by atoms with van der Waals surface area (Å²) in [5, 5.41) is 5.42. The van der Waals surface area contributed by atoms with Crippen molar-refractivity contribution in [3.8, 4) is 0 Å².